The van der Waals surface area contributed by atoms with Gasteiger partial charge in [0.1, 0.15) is 30.1 Å². The number of hydrogen-bond acceptors (Lipinski definition) is 13. The number of carbonyl (C=O) groups excluding carboxylic acids is 5. The molecule has 3 aliphatic heterocycles. The molecule has 2 bridgehead atoms. The summed E-state index contributed by atoms with van der Waals surface area (Å²) in [5, 5.41) is 43.8. The van der Waals surface area contributed by atoms with Crippen LogP contribution in [-0.4, -0.2) is 130 Å². The minimum Gasteiger partial charge on any atom is -0.460 e. The third-order valence-electron chi connectivity index (χ3n) is 14.0. The number of esters is 1. The molecule has 14 heteroatoms. The molecule has 354 valence electrons. The van der Waals surface area contributed by atoms with E-state index in [1.807, 2.05) is 51.2 Å². The number of methoxy groups -OCH3 is 2. The van der Waals surface area contributed by atoms with Crippen molar-refractivity contribution in [1.82, 2.24) is 4.90 Å². The van der Waals surface area contributed by atoms with E-state index in [1.165, 1.54) is 7.11 Å². The number of carbonyl (C=O) groups is 5. The van der Waals surface area contributed by atoms with E-state index in [0.29, 0.717) is 63.4 Å². The summed E-state index contributed by atoms with van der Waals surface area (Å²) in [5.74, 6) is -8.29. The van der Waals surface area contributed by atoms with Crippen molar-refractivity contribution in [3.63, 3.8) is 0 Å². The van der Waals surface area contributed by atoms with E-state index in [2.05, 4.69) is 0 Å². The fourth-order valence-electron chi connectivity index (χ4n) is 9.72. The molecular weight excluding hydrogens is 811 g/mol. The van der Waals surface area contributed by atoms with Gasteiger partial charge in [-0.3, -0.25) is 19.2 Å². The molecule has 14 nitrogen and oxygen atoms in total. The number of aliphatic hydroxyl groups excluding tert-OH is 3. The number of amides is 1. The highest BCUT2D eigenvalue weighted by molar-refractivity contribution is 6.39. The second-order valence-corrected chi connectivity index (χ2v) is 19.0. The highest BCUT2D eigenvalue weighted by Crippen LogP contribution is 2.37. The number of ether oxygens (including phenoxy) is 4. The number of Topliss-reactive ketones (excluding diaryl/α,β-unsaturated/α-hetero) is 3. The quantitative estimate of drug-likeness (QED) is 0.161. The van der Waals surface area contributed by atoms with Gasteiger partial charge in [-0.1, -0.05) is 71.1 Å². The van der Waals surface area contributed by atoms with Gasteiger partial charge in [0.15, 0.2) is 5.78 Å². The molecular formula is C49H75NO13. The summed E-state index contributed by atoms with van der Waals surface area (Å²) in [6, 6.07) is -1.15. The number of nitrogens with zero attached hydrogens (tertiary/aromatic N) is 1. The third-order valence-corrected chi connectivity index (χ3v) is 14.0. The number of fused-ring (bicyclic) bond motifs is 3. The van der Waals surface area contributed by atoms with Crippen LogP contribution in [0.3, 0.4) is 0 Å². The number of aliphatic hydroxyl groups is 4. The predicted octanol–water partition coefficient (Wildman–Crippen LogP) is 5.14. The molecule has 4 rings (SSSR count). The number of cyclic esters (lactones) is 1. The van der Waals surface area contributed by atoms with Crippen LogP contribution >= 0.6 is 0 Å². The molecule has 0 radical (unpaired) electrons. The van der Waals surface area contributed by atoms with Gasteiger partial charge >= 0.3 is 5.97 Å². The molecule has 1 aliphatic carbocycles. The van der Waals surface area contributed by atoms with Crippen molar-refractivity contribution in [2.45, 2.75) is 174 Å². The average Bonchev–Trinajstić information content (AvgIpc) is 3.74. The molecule has 15 atom stereocenters. The first-order valence-electron chi connectivity index (χ1n) is 23.0. The smallest absolute Gasteiger partial charge is 0.329 e. The Hall–Kier alpha value is -3.37. The molecule has 3 fully saturated rings. The minimum absolute atomic E-state index is 0.0124. The summed E-state index contributed by atoms with van der Waals surface area (Å²) in [4.78, 5) is 71.0. The SMILES string of the molecule is CO[C@H]1C[C@@H]2CC[C@@H](C)[C@@](O)(O2)C(=O)C(=O)N2CCC[C@H]2C(=O)O[C@H]([C@H](C)CC2CC[C@H](O)[C@@H](O)C2)CC(=O)[C@H](C)/C=C(\C)[C@@H](O)[C@@H](OC)C(=O)[C@H](C)C[C@H](C)/C=C/C=C/C=C/1C. The van der Waals surface area contributed by atoms with Crippen LogP contribution in [0, 0.1) is 35.5 Å². The molecule has 3 heterocycles. The molecule has 4 aliphatic rings. The number of ketones is 3. The molecule has 0 aromatic carbocycles. The molecule has 1 amide bonds. The minimum atomic E-state index is -2.43. The van der Waals surface area contributed by atoms with E-state index < -0.39 is 95.9 Å². The first-order valence-corrected chi connectivity index (χ1v) is 23.0. The van der Waals surface area contributed by atoms with Gasteiger partial charge in [-0.05, 0) is 101 Å². The van der Waals surface area contributed by atoms with Crippen molar-refractivity contribution in [2.75, 3.05) is 20.8 Å². The van der Waals surface area contributed by atoms with Gasteiger partial charge in [0, 0.05) is 51.4 Å². The second kappa shape index (κ2) is 23.7. The largest absolute Gasteiger partial charge is 0.460 e. The molecule has 2 saturated heterocycles. The Balaban J connectivity index is 1.68. The van der Waals surface area contributed by atoms with Crippen LogP contribution in [-0.2, 0) is 42.9 Å². The Morgan fingerprint density at radius 2 is 1.57 bits per heavy atom. The molecule has 0 aromatic heterocycles. The Kier molecular flexibility index (Phi) is 19.7. The van der Waals surface area contributed by atoms with Crippen molar-refractivity contribution in [3.8, 4) is 0 Å². The Labute approximate surface area is 374 Å². The van der Waals surface area contributed by atoms with E-state index in [-0.39, 0.29) is 42.8 Å². The highest BCUT2D eigenvalue weighted by Gasteiger charge is 2.53. The van der Waals surface area contributed by atoms with Gasteiger partial charge in [0.25, 0.3) is 11.7 Å². The van der Waals surface area contributed by atoms with E-state index in [1.54, 1.807) is 40.9 Å². The van der Waals surface area contributed by atoms with Crippen LogP contribution in [0.15, 0.2) is 47.6 Å². The van der Waals surface area contributed by atoms with Gasteiger partial charge in [0.05, 0.1) is 24.4 Å². The van der Waals surface area contributed by atoms with E-state index in [9.17, 15) is 44.4 Å². The van der Waals surface area contributed by atoms with Crippen LogP contribution in [0.5, 0.6) is 0 Å². The van der Waals surface area contributed by atoms with E-state index >= 15 is 0 Å². The lowest BCUT2D eigenvalue weighted by molar-refractivity contribution is -0.265. The number of hydrogen-bond donors (Lipinski definition) is 4. The van der Waals surface area contributed by atoms with Crippen molar-refractivity contribution in [3.05, 3.63) is 47.6 Å². The number of rotatable bonds is 5. The Bertz CT molecular complexity index is 1720. The summed E-state index contributed by atoms with van der Waals surface area (Å²) >= 11 is 0. The molecule has 1 unspecified atom stereocenters. The van der Waals surface area contributed by atoms with Crippen LogP contribution < -0.4 is 0 Å². The lowest BCUT2D eigenvalue weighted by Gasteiger charge is -2.41. The third kappa shape index (κ3) is 13.6. The van der Waals surface area contributed by atoms with Gasteiger partial charge < -0.3 is 44.3 Å². The second-order valence-electron chi connectivity index (χ2n) is 19.0. The van der Waals surface area contributed by atoms with Crippen molar-refractivity contribution >= 4 is 29.2 Å². The van der Waals surface area contributed by atoms with Crippen LogP contribution in [0.1, 0.15) is 119 Å². The fourth-order valence-corrected chi connectivity index (χ4v) is 9.72. The summed E-state index contributed by atoms with van der Waals surface area (Å²) in [5.41, 5.74) is 1.24. The summed E-state index contributed by atoms with van der Waals surface area (Å²) < 4.78 is 23.6. The zero-order chi connectivity index (χ0) is 46.8. The summed E-state index contributed by atoms with van der Waals surface area (Å²) in [6.07, 6.45) is 8.92. The Morgan fingerprint density at radius 3 is 2.24 bits per heavy atom. The predicted molar refractivity (Wildman–Crippen MR) is 236 cm³/mol. The maximum absolute atomic E-state index is 14.1. The van der Waals surface area contributed by atoms with E-state index in [4.69, 9.17) is 18.9 Å². The first-order chi connectivity index (χ1) is 29.7. The zero-order valence-electron chi connectivity index (χ0n) is 38.9. The topological polar surface area (TPSA) is 206 Å². The lowest BCUT2D eigenvalue weighted by atomic mass is 9.78. The standard InChI is InChI=1S/C49H75NO13/c1-28-14-11-10-12-15-29(2)41(60-8)26-36-19-17-34(7)49(59,63-36)46(56)47(57)50-21-13-16-37(50)48(58)62-42(31(4)24-35-18-20-38(51)40(53)25-35)27-39(52)30(3)23-33(6)44(55)45(61-9)43(54)32(5)22-28/h10-12,14-15,23,28,30-32,34-38,40-42,44-45,51,53,55,59H,13,16-22,24-27H2,1-9H3/b12-10+,14-11+,29-15+,33-23+/t28-,30-,31-,32-,34-,35?,36+,37+,38+,40+,41+,42+,44-,45+,49-/m1/s1. The molecule has 0 aromatic rings. The van der Waals surface area contributed by atoms with Gasteiger partial charge in [-0.2, -0.15) is 0 Å². The van der Waals surface area contributed by atoms with Gasteiger partial charge in [-0.25, -0.2) is 4.79 Å². The Morgan fingerprint density at radius 1 is 0.857 bits per heavy atom. The summed E-state index contributed by atoms with van der Waals surface area (Å²) in [7, 11) is 2.93. The molecule has 4 N–H and O–H groups in total. The van der Waals surface area contributed by atoms with Crippen LogP contribution in [0.4, 0.5) is 0 Å². The highest BCUT2D eigenvalue weighted by atomic mass is 16.6. The van der Waals surface area contributed by atoms with Crippen molar-refractivity contribution in [1.29, 1.82) is 0 Å². The molecule has 0 spiro atoms. The van der Waals surface area contributed by atoms with Crippen molar-refractivity contribution < 1.29 is 63.3 Å². The number of allylic oxidation sites excluding steroid dienone is 6. The van der Waals surface area contributed by atoms with Crippen molar-refractivity contribution in [2.24, 2.45) is 35.5 Å². The maximum atomic E-state index is 14.1. The average molecular weight is 886 g/mol. The van der Waals surface area contributed by atoms with Gasteiger partial charge in [0.2, 0.25) is 5.79 Å². The van der Waals surface area contributed by atoms with Crippen LogP contribution in [0.2, 0.25) is 0 Å². The summed E-state index contributed by atoms with van der Waals surface area (Å²) in [6.45, 7) is 12.6. The maximum Gasteiger partial charge on any atom is 0.329 e. The normalized spacial score (nSPS) is 41.1. The first kappa shape index (κ1) is 52.3. The lowest BCUT2D eigenvalue weighted by Crippen LogP contribution is -2.59. The zero-order valence-corrected chi connectivity index (χ0v) is 38.9. The molecule has 1 saturated carbocycles. The fraction of sp³-hybridized carbons (Fsp3) is 0.735. The monoisotopic (exact) mass is 886 g/mol. The van der Waals surface area contributed by atoms with Gasteiger partial charge in [-0.15, -0.1) is 0 Å². The van der Waals surface area contributed by atoms with E-state index in [0.717, 1.165) is 10.5 Å². The van der Waals surface area contributed by atoms with Crippen LogP contribution in [0.25, 0.3) is 0 Å². The molecule has 63 heavy (non-hydrogen) atoms.